The molecule has 1 unspecified atom stereocenters. The Hall–Kier alpha value is -2.37. The third-order valence-corrected chi connectivity index (χ3v) is 3.96. The summed E-state index contributed by atoms with van der Waals surface area (Å²) in [4.78, 5) is 14.1. The van der Waals surface area contributed by atoms with Crippen LogP contribution in [0.4, 0.5) is 5.69 Å². The summed E-state index contributed by atoms with van der Waals surface area (Å²) in [5, 5.41) is 12.5. The lowest BCUT2D eigenvalue weighted by Crippen LogP contribution is -2.42. The smallest absolute Gasteiger partial charge is 0.238 e. The third-order valence-electron chi connectivity index (χ3n) is 3.96. The van der Waals surface area contributed by atoms with Gasteiger partial charge >= 0.3 is 0 Å². The summed E-state index contributed by atoms with van der Waals surface area (Å²) in [7, 11) is 0. The van der Waals surface area contributed by atoms with Crippen LogP contribution in [-0.4, -0.2) is 41.7 Å². The summed E-state index contributed by atoms with van der Waals surface area (Å²) in [6.45, 7) is 1.73. The maximum atomic E-state index is 12.1. The highest BCUT2D eigenvalue weighted by Gasteiger charge is 2.19. The lowest BCUT2D eigenvalue weighted by Gasteiger charge is -2.29. The highest BCUT2D eigenvalue weighted by Crippen LogP contribution is 2.22. The van der Waals surface area contributed by atoms with Crippen molar-refractivity contribution < 1.29 is 14.6 Å². The van der Waals surface area contributed by atoms with Gasteiger partial charge in [-0.25, -0.2) is 0 Å². The Labute approximate surface area is 141 Å². The Morgan fingerprint density at radius 2 is 1.83 bits per heavy atom. The Bertz CT molecular complexity index is 658. The van der Waals surface area contributed by atoms with E-state index < -0.39 is 0 Å². The van der Waals surface area contributed by atoms with Gasteiger partial charge in [0.15, 0.2) is 0 Å². The number of ether oxygens (including phenoxy) is 1. The van der Waals surface area contributed by atoms with Gasteiger partial charge in [0.1, 0.15) is 11.5 Å². The number of para-hydroxylation sites is 1. The molecule has 0 aliphatic carbocycles. The van der Waals surface area contributed by atoms with E-state index in [1.54, 1.807) is 0 Å². The van der Waals surface area contributed by atoms with Gasteiger partial charge in [0.05, 0.1) is 12.6 Å². The number of piperidine rings is 1. The molecule has 5 nitrogen and oxygen atoms in total. The van der Waals surface area contributed by atoms with E-state index in [1.165, 1.54) is 0 Å². The lowest BCUT2D eigenvalue weighted by atomic mass is 10.1. The largest absolute Gasteiger partial charge is 0.457 e. The molecule has 1 amide bonds. The number of rotatable bonds is 5. The minimum atomic E-state index is -0.319. The summed E-state index contributed by atoms with van der Waals surface area (Å²) in [6, 6.07) is 16.9. The number of hydrogen-bond acceptors (Lipinski definition) is 4. The molecular weight excluding hydrogens is 304 g/mol. The zero-order valence-electron chi connectivity index (χ0n) is 13.5. The van der Waals surface area contributed by atoms with E-state index in [0.717, 1.165) is 36.6 Å². The second kappa shape index (κ2) is 7.95. The average molecular weight is 326 g/mol. The molecule has 1 atom stereocenters. The van der Waals surface area contributed by atoms with Crippen molar-refractivity contribution in [1.82, 2.24) is 4.90 Å². The first kappa shape index (κ1) is 16.5. The number of benzene rings is 2. The van der Waals surface area contributed by atoms with Crippen molar-refractivity contribution in [2.24, 2.45) is 0 Å². The van der Waals surface area contributed by atoms with Crippen molar-refractivity contribution >= 4 is 11.6 Å². The standard InChI is InChI=1S/C19H22N2O3/c22-16-5-4-12-21(13-16)14-19(23)20-15-8-10-18(11-9-15)24-17-6-2-1-3-7-17/h1-3,6-11,16,22H,4-5,12-14H2,(H,20,23). The SMILES string of the molecule is O=C(CN1CCCC(O)C1)Nc1ccc(Oc2ccccc2)cc1. The van der Waals surface area contributed by atoms with Crippen molar-refractivity contribution in [3.63, 3.8) is 0 Å². The van der Waals surface area contributed by atoms with Crippen LogP contribution in [0.3, 0.4) is 0 Å². The summed E-state index contributed by atoms with van der Waals surface area (Å²) in [6.07, 6.45) is 1.43. The molecule has 1 fully saturated rings. The highest BCUT2D eigenvalue weighted by molar-refractivity contribution is 5.92. The van der Waals surface area contributed by atoms with Gasteiger partial charge < -0.3 is 15.2 Å². The minimum absolute atomic E-state index is 0.0687. The van der Waals surface area contributed by atoms with Gasteiger partial charge in [0, 0.05) is 12.2 Å². The minimum Gasteiger partial charge on any atom is -0.457 e. The number of carbonyl (C=O) groups excluding carboxylic acids is 1. The zero-order valence-corrected chi connectivity index (χ0v) is 13.5. The van der Waals surface area contributed by atoms with Gasteiger partial charge in [-0.15, -0.1) is 0 Å². The summed E-state index contributed by atoms with van der Waals surface area (Å²) < 4.78 is 5.72. The molecule has 24 heavy (non-hydrogen) atoms. The molecule has 2 aromatic carbocycles. The lowest BCUT2D eigenvalue weighted by molar-refractivity contribution is -0.118. The van der Waals surface area contributed by atoms with E-state index in [2.05, 4.69) is 5.32 Å². The Balaban J connectivity index is 1.51. The van der Waals surface area contributed by atoms with Crippen molar-refractivity contribution in [3.8, 4) is 11.5 Å². The topological polar surface area (TPSA) is 61.8 Å². The van der Waals surface area contributed by atoms with Crippen molar-refractivity contribution in [1.29, 1.82) is 0 Å². The van der Waals surface area contributed by atoms with E-state index in [4.69, 9.17) is 4.74 Å². The second-order valence-electron chi connectivity index (χ2n) is 6.02. The van der Waals surface area contributed by atoms with E-state index in [0.29, 0.717) is 13.1 Å². The summed E-state index contributed by atoms with van der Waals surface area (Å²) in [5.74, 6) is 1.43. The maximum absolute atomic E-state index is 12.1. The van der Waals surface area contributed by atoms with Crippen LogP contribution in [0, 0.1) is 0 Å². The van der Waals surface area contributed by atoms with Crippen LogP contribution >= 0.6 is 0 Å². The number of β-amino-alcohol motifs (C(OH)–C–C–N with tert-alkyl or cyclic N) is 1. The molecule has 0 radical (unpaired) electrons. The number of carbonyl (C=O) groups is 1. The van der Waals surface area contributed by atoms with Gasteiger partial charge in [0.2, 0.25) is 5.91 Å². The molecule has 126 valence electrons. The predicted molar refractivity (Wildman–Crippen MR) is 93.3 cm³/mol. The number of likely N-dealkylation sites (tertiary alicyclic amines) is 1. The normalized spacial score (nSPS) is 18.1. The zero-order chi connectivity index (χ0) is 16.8. The average Bonchev–Trinajstić information content (AvgIpc) is 2.57. The first-order chi connectivity index (χ1) is 11.7. The number of aliphatic hydroxyl groups excluding tert-OH is 1. The van der Waals surface area contributed by atoms with E-state index in [1.807, 2.05) is 59.5 Å². The third kappa shape index (κ3) is 4.81. The van der Waals surface area contributed by atoms with Crippen molar-refractivity contribution in [3.05, 3.63) is 54.6 Å². The fraction of sp³-hybridized carbons (Fsp3) is 0.316. The van der Waals surface area contributed by atoms with Crippen LogP contribution in [0.2, 0.25) is 0 Å². The number of anilines is 1. The van der Waals surface area contributed by atoms with Crippen LogP contribution in [0.15, 0.2) is 54.6 Å². The molecule has 2 aromatic rings. The first-order valence-electron chi connectivity index (χ1n) is 8.22. The molecule has 3 rings (SSSR count). The fourth-order valence-electron chi connectivity index (χ4n) is 2.81. The van der Waals surface area contributed by atoms with Crippen molar-refractivity contribution in [2.75, 3.05) is 25.0 Å². The van der Waals surface area contributed by atoms with E-state index in [-0.39, 0.29) is 12.0 Å². The second-order valence-corrected chi connectivity index (χ2v) is 6.02. The molecule has 1 heterocycles. The Kier molecular flexibility index (Phi) is 5.46. The van der Waals surface area contributed by atoms with Gasteiger partial charge in [-0.05, 0) is 55.8 Å². The molecule has 1 saturated heterocycles. The van der Waals surface area contributed by atoms with Crippen LogP contribution in [0.1, 0.15) is 12.8 Å². The molecule has 1 aliphatic heterocycles. The first-order valence-corrected chi connectivity index (χ1v) is 8.22. The fourth-order valence-corrected chi connectivity index (χ4v) is 2.81. The van der Waals surface area contributed by atoms with Gasteiger partial charge in [-0.1, -0.05) is 18.2 Å². The number of aliphatic hydroxyl groups is 1. The number of nitrogens with one attached hydrogen (secondary N) is 1. The van der Waals surface area contributed by atoms with Crippen LogP contribution in [-0.2, 0) is 4.79 Å². The molecule has 0 aromatic heterocycles. The Morgan fingerprint density at radius 3 is 2.54 bits per heavy atom. The van der Waals surface area contributed by atoms with Gasteiger partial charge in [-0.3, -0.25) is 9.69 Å². The van der Waals surface area contributed by atoms with E-state index in [9.17, 15) is 9.90 Å². The molecule has 0 spiro atoms. The van der Waals surface area contributed by atoms with Gasteiger partial charge in [0.25, 0.3) is 0 Å². The predicted octanol–water partition coefficient (Wildman–Crippen LogP) is 2.87. The molecule has 0 bridgehead atoms. The molecule has 0 saturated carbocycles. The molecular formula is C19H22N2O3. The Morgan fingerprint density at radius 1 is 1.12 bits per heavy atom. The monoisotopic (exact) mass is 326 g/mol. The highest BCUT2D eigenvalue weighted by atomic mass is 16.5. The quantitative estimate of drug-likeness (QED) is 0.887. The molecule has 2 N–H and O–H groups in total. The maximum Gasteiger partial charge on any atom is 0.238 e. The number of amides is 1. The number of nitrogens with zero attached hydrogens (tertiary/aromatic N) is 1. The van der Waals surface area contributed by atoms with Crippen LogP contribution in [0.25, 0.3) is 0 Å². The van der Waals surface area contributed by atoms with Crippen LogP contribution < -0.4 is 10.1 Å². The summed E-state index contributed by atoms with van der Waals surface area (Å²) in [5.41, 5.74) is 0.734. The van der Waals surface area contributed by atoms with Gasteiger partial charge in [-0.2, -0.15) is 0 Å². The van der Waals surface area contributed by atoms with Crippen LogP contribution in [0.5, 0.6) is 11.5 Å². The van der Waals surface area contributed by atoms with Crippen molar-refractivity contribution in [2.45, 2.75) is 18.9 Å². The summed E-state index contributed by atoms with van der Waals surface area (Å²) >= 11 is 0. The van der Waals surface area contributed by atoms with E-state index >= 15 is 0 Å². The number of hydrogen-bond donors (Lipinski definition) is 2. The molecule has 1 aliphatic rings. The molecule has 5 heteroatoms.